The van der Waals surface area contributed by atoms with Crippen LogP contribution in [0.4, 0.5) is 0 Å². The molecule has 0 spiro atoms. The van der Waals surface area contributed by atoms with Gasteiger partial charge in [0.15, 0.2) is 11.5 Å². The SMILES string of the molecule is COc1cc(CCCO)cc(I)c1O. The highest BCUT2D eigenvalue weighted by Gasteiger charge is 2.07. The van der Waals surface area contributed by atoms with Crippen molar-refractivity contribution in [2.75, 3.05) is 13.7 Å². The molecule has 0 saturated heterocycles. The van der Waals surface area contributed by atoms with Gasteiger partial charge in [-0.1, -0.05) is 0 Å². The lowest BCUT2D eigenvalue weighted by Gasteiger charge is -2.08. The van der Waals surface area contributed by atoms with Crippen LogP contribution in [0.5, 0.6) is 11.5 Å². The van der Waals surface area contributed by atoms with Crippen LogP contribution in [0.3, 0.4) is 0 Å². The highest BCUT2D eigenvalue weighted by molar-refractivity contribution is 14.1. The number of hydrogen-bond acceptors (Lipinski definition) is 3. The number of rotatable bonds is 4. The average molecular weight is 308 g/mol. The Balaban J connectivity index is 2.91. The standard InChI is InChI=1S/C10H13IO3/c1-14-9-6-7(3-2-4-12)5-8(11)10(9)13/h5-6,12-13H,2-4H2,1H3. The molecule has 0 bridgehead atoms. The van der Waals surface area contributed by atoms with Gasteiger partial charge in [-0.05, 0) is 53.1 Å². The van der Waals surface area contributed by atoms with E-state index in [0.29, 0.717) is 5.75 Å². The van der Waals surface area contributed by atoms with Crippen molar-refractivity contribution in [2.45, 2.75) is 12.8 Å². The number of benzene rings is 1. The van der Waals surface area contributed by atoms with Crippen LogP contribution >= 0.6 is 22.6 Å². The molecule has 1 rings (SSSR count). The van der Waals surface area contributed by atoms with Gasteiger partial charge in [0.05, 0.1) is 10.7 Å². The fourth-order valence-corrected chi connectivity index (χ4v) is 1.88. The zero-order valence-electron chi connectivity index (χ0n) is 7.96. The minimum Gasteiger partial charge on any atom is -0.504 e. The van der Waals surface area contributed by atoms with Gasteiger partial charge in [-0.15, -0.1) is 0 Å². The predicted octanol–water partition coefficient (Wildman–Crippen LogP) is 1.93. The summed E-state index contributed by atoms with van der Waals surface area (Å²) < 4.78 is 5.80. The first-order valence-electron chi connectivity index (χ1n) is 4.35. The third-order valence-corrected chi connectivity index (χ3v) is 2.75. The summed E-state index contributed by atoms with van der Waals surface area (Å²) in [6.45, 7) is 0.180. The maximum Gasteiger partial charge on any atom is 0.171 e. The van der Waals surface area contributed by atoms with Crippen molar-refractivity contribution in [2.24, 2.45) is 0 Å². The Kier molecular flexibility index (Phi) is 4.47. The topological polar surface area (TPSA) is 49.7 Å². The molecule has 0 aromatic heterocycles. The van der Waals surface area contributed by atoms with Crippen LogP contribution in [-0.4, -0.2) is 23.9 Å². The second kappa shape index (κ2) is 5.41. The van der Waals surface area contributed by atoms with Crippen molar-refractivity contribution in [3.05, 3.63) is 21.3 Å². The number of aryl methyl sites for hydroxylation is 1. The number of aliphatic hydroxyl groups excluding tert-OH is 1. The van der Waals surface area contributed by atoms with Gasteiger partial charge in [0, 0.05) is 6.61 Å². The maximum absolute atomic E-state index is 9.57. The molecule has 0 amide bonds. The molecule has 2 N–H and O–H groups in total. The second-order valence-corrected chi connectivity index (χ2v) is 4.12. The molecule has 0 atom stereocenters. The molecular weight excluding hydrogens is 295 g/mol. The van der Waals surface area contributed by atoms with Crippen molar-refractivity contribution in [3.8, 4) is 11.5 Å². The number of phenolic OH excluding ortho intramolecular Hbond substituents is 1. The van der Waals surface area contributed by atoms with Crippen molar-refractivity contribution >= 4 is 22.6 Å². The normalized spacial score (nSPS) is 10.2. The molecule has 3 nitrogen and oxygen atoms in total. The van der Waals surface area contributed by atoms with Gasteiger partial charge in [-0.2, -0.15) is 0 Å². The van der Waals surface area contributed by atoms with Crippen molar-refractivity contribution in [1.29, 1.82) is 0 Å². The number of halogens is 1. The minimum absolute atomic E-state index is 0.180. The summed E-state index contributed by atoms with van der Waals surface area (Å²) in [5.74, 6) is 0.672. The fraction of sp³-hybridized carbons (Fsp3) is 0.400. The molecule has 0 radical (unpaired) electrons. The van der Waals surface area contributed by atoms with Gasteiger partial charge in [-0.25, -0.2) is 0 Å². The molecule has 0 aliphatic rings. The van der Waals surface area contributed by atoms with E-state index in [2.05, 4.69) is 22.6 Å². The molecule has 78 valence electrons. The van der Waals surface area contributed by atoms with Crippen LogP contribution in [0.2, 0.25) is 0 Å². The van der Waals surface area contributed by atoms with E-state index < -0.39 is 0 Å². The Hall–Kier alpha value is -0.490. The van der Waals surface area contributed by atoms with E-state index in [9.17, 15) is 5.11 Å². The molecule has 14 heavy (non-hydrogen) atoms. The van der Waals surface area contributed by atoms with Crippen LogP contribution in [0.1, 0.15) is 12.0 Å². The summed E-state index contributed by atoms with van der Waals surface area (Å²) in [4.78, 5) is 0. The molecule has 1 aromatic rings. The van der Waals surface area contributed by atoms with E-state index in [1.54, 1.807) is 6.07 Å². The lowest BCUT2D eigenvalue weighted by Crippen LogP contribution is -1.93. The van der Waals surface area contributed by atoms with Crippen molar-refractivity contribution in [1.82, 2.24) is 0 Å². The summed E-state index contributed by atoms with van der Waals surface area (Å²) in [7, 11) is 1.53. The smallest absolute Gasteiger partial charge is 0.171 e. The van der Waals surface area contributed by atoms with Crippen LogP contribution in [0.25, 0.3) is 0 Å². The first-order chi connectivity index (χ1) is 6.69. The number of aromatic hydroxyl groups is 1. The van der Waals surface area contributed by atoms with Gasteiger partial charge in [-0.3, -0.25) is 0 Å². The summed E-state index contributed by atoms with van der Waals surface area (Å²) >= 11 is 2.06. The molecular formula is C10H13IO3. The van der Waals surface area contributed by atoms with Gasteiger partial charge in [0.2, 0.25) is 0 Å². The van der Waals surface area contributed by atoms with Crippen molar-refractivity contribution < 1.29 is 14.9 Å². The van der Waals surface area contributed by atoms with Crippen LogP contribution < -0.4 is 4.74 Å². The fourth-order valence-electron chi connectivity index (χ4n) is 1.21. The predicted molar refractivity (Wildman–Crippen MR) is 62.8 cm³/mol. The highest BCUT2D eigenvalue weighted by Crippen LogP contribution is 2.32. The third-order valence-electron chi connectivity index (χ3n) is 1.93. The monoisotopic (exact) mass is 308 g/mol. The quantitative estimate of drug-likeness (QED) is 0.836. The minimum atomic E-state index is 0.180. The van der Waals surface area contributed by atoms with E-state index in [4.69, 9.17) is 9.84 Å². The Morgan fingerprint density at radius 3 is 2.71 bits per heavy atom. The Morgan fingerprint density at radius 1 is 1.43 bits per heavy atom. The largest absolute Gasteiger partial charge is 0.504 e. The van der Waals surface area contributed by atoms with Gasteiger partial charge < -0.3 is 14.9 Å². The average Bonchev–Trinajstić information content (AvgIpc) is 2.19. The lowest BCUT2D eigenvalue weighted by molar-refractivity contribution is 0.288. The Labute approximate surface area is 96.9 Å². The number of phenols is 1. The maximum atomic E-state index is 9.57. The van der Waals surface area contributed by atoms with Gasteiger partial charge in [0.1, 0.15) is 0 Å². The molecule has 1 aromatic carbocycles. The Bertz CT molecular complexity index is 312. The highest BCUT2D eigenvalue weighted by atomic mass is 127. The summed E-state index contributed by atoms with van der Waals surface area (Å²) in [6.07, 6.45) is 1.52. The summed E-state index contributed by atoms with van der Waals surface area (Å²) in [5, 5.41) is 18.3. The third kappa shape index (κ3) is 2.75. The number of aliphatic hydroxyl groups is 1. The molecule has 0 heterocycles. The van der Waals surface area contributed by atoms with Crippen LogP contribution in [0.15, 0.2) is 12.1 Å². The molecule has 0 aliphatic carbocycles. The first kappa shape index (κ1) is 11.6. The molecule has 0 fully saturated rings. The number of ether oxygens (including phenoxy) is 1. The van der Waals surface area contributed by atoms with Crippen molar-refractivity contribution in [3.63, 3.8) is 0 Å². The first-order valence-corrected chi connectivity index (χ1v) is 5.43. The van der Waals surface area contributed by atoms with Crippen LogP contribution in [0, 0.1) is 3.57 Å². The summed E-state index contributed by atoms with van der Waals surface area (Å²) in [5.41, 5.74) is 1.07. The second-order valence-electron chi connectivity index (χ2n) is 2.96. The molecule has 4 heteroatoms. The Morgan fingerprint density at radius 2 is 2.14 bits per heavy atom. The number of methoxy groups -OCH3 is 1. The lowest BCUT2D eigenvalue weighted by atomic mass is 10.1. The van der Waals surface area contributed by atoms with E-state index in [1.807, 2.05) is 6.07 Å². The van der Waals surface area contributed by atoms with E-state index in [1.165, 1.54) is 7.11 Å². The van der Waals surface area contributed by atoms with Gasteiger partial charge in [0.25, 0.3) is 0 Å². The molecule has 0 saturated carbocycles. The van der Waals surface area contributed by atoms with E-state index in [-0.39, 0.29) is 12.4 Å². The van der Waals surface area contributed by atoms with Crippen LogP contribution in [-0.2, 0) is 6.42 Å². The van der Waals surface area contributed by atoms with E-state index in [0.717, 1.165) is 22.0 Å². The van der Waals surface area contributed by atoms with Gasteiger partial charge >= 0.3 is 0 Å². The zero-order chi connectivity index (χ0) is 10.6. The summed E-state index contributed by atoms with van der Waals surface area (Å²) in [6, 6.07) is 3.70. The number of hydrogen-bond donors (Lipinski definition) is 2. The molecule has 0 unspecified atom stereocenters. The molecule has 0 aliphatic heterocycles. The zero-order valence-corrected chi connectivity index (χ0v) is 10.1. The van der Waals surface area contributed by atoms with E-state index >= 15 is 0 Å².